The third-order valence-corrected chi connectivity index (χ3v) is 3.03. The number of hydrogen-bond donors (Lipinski definition) is 2. The van der Waals surface area contributed by atoms with Crippen molar-refractivity contribution in [3.8, 4) is 0 Å². The van der Waals surface area contributed by atoms with E-state index in [0.717, 1.165) is 25.4 Å². The standard InChI is InChI=1S/C10H11F3N4/c11-10(12,13)6-3-7-9(15-4-6)17-2-1-14-5-8(17)16-7/h3-4,8,14,16H,1-2,5H2/t8-/m0/s1. The van der Waals surface area contributed by atoms with Crippen LogP contribution in [0.4, 0.5) is 24.7 Å². The molecule has 0 amide bonds. The summed E-state index contributed by atoms with van der Waals surface area (Å²) >= 11 is 0. The van der Waals surface area contributed by atoms with Gasteiger partial charge in [0.05, 0.1) is 11.3 Å². The Balaban J connectivity index is 1.97. The van der Waals surface area contributed by atoms with Crippen molar-refractivity contribution in [1.29, 1.82) is 0 Å². The molecule has 0 aliphatic carbocycles. The molecule has 1 aromatic rings. The van der Waals surface area contributed by atoms with Gasteiger partial charge in [-0.3, -0.25) is 0 Å². The van der Waals surface area contributed by atoms with Gasteiger partial charge in [0.2, 0.25) is 0 Å². The number of halogens is 3. The largest absolute Gasteiger partial charge is 0.417 e. The van der Waals surface area contributed by atoms with Crippen LogP contribution in [0.25, 0.3) is 0 Å². The van der Waals surface area contributed by atoms with Crippen LogP contribution in [-0.2, 0) is 6.18 Å². The van der Waals surface area contributed by atoms with Gasteiger partial charge in [-0.15, -0.1) is 0 Å². The minimum atomic E-state index is -4.34. The predicted molar refractivity (Wildman–Crippen MR) is 56.9 cm³/mol. The van der Waals surface area contributed by atoms with Gasteiger partial charge in [-0.1, -0.05) is 0 Å². The zero-order chi connectivity index (χ0) is 12.0. The summed E-state index contributed by atoms with van der Waals surface area (Å²) in [5.74, 6) is 0.615. The van der Waals surface area contributed by atoms with Crippen molar-refractivity contribution in [3.63, 3.8) is 0 Å². The molecule has 17 heavy (non-hydrogen) atoms. The van der Waals surface area contributed by atoms with E-state index >= 15 is 0 Å². The second-order valence-corrected chi connectivity index (χ2v) is 4.15. The fraction of sp³-hybridized carbons (Fsp3) is 0.500. The molecule has 2 aliphatic rings. The molecule has 0 saturated carbocycles. The maximum absolute atomic E-state index is 12.5. The number of nitrogens with one attached hydrogen (secondary N) is 2. The molecule has 1 saturated heterocycles. The molecular formula is C10H11F3N4. The number of fused-ring (bicyclic) bond motifs is 3. The van der Waals surface area contributed by atoms with Gasteiger partial charge in [-0.25, -0.2) is 4.98 Å². The van der Waals surface area contributed by atoms with Crippen LogP contribution in [-0.4, -0.2) is 30.8 Å². The molecule has 0 spiro atoms. The Morgan fingerprint density at radius 3 is 3.00 bits per heavy atom. The second kappa shape index (κ2) is 3.49. The van der Waals surface area contributed by atoms with E-state index in [1.165, 1.54) is 0 Å². The van der Waals surface area contributed by atoms with Crippen LogP contribution in [0, 0.1) is 0 Å². The predicted octanol–water partition coefficient (Wildman–Crippen LogP) is 1.26. The molecule has 2 N–H and O–H groups in total. The maximum Gasteiger partial charge on any atom is 0.417 e. The van der Waals surface area contributed by atoms with Gasteiger partial charge in [0.25, 0.3) is 0 Å². The van der Waals surface area contributed by atoms with Gasteiger partial charge in [-0.2, -0.15) is 13.2 Å². The Morgan fingerprint density at radius 1 is 1.41 bits per heavy atom. The first-order valence-electron chi connectivity index (χ1n) is 5.37. The molecule has 1 fully saturated rings. The van der Waals surface area contributed by atoms with Crippen LogP contribution < -0.4 is 15.5 Å². The highest BCUT2D eigenvalue weighted by molar-refractivity contribution is 5.73. The van der Waals surface area contributed by atoms with E-state index in [-0.39, 0.29) is 6.17 Å². The topological polar surface area (TPSA) is 40.2 Å². The molecule has 0 bridgehead atoms. The average molecular weight is 244 g/mol. The maximum atomic E-state index is 12.5. The highest BCUT2D eigenvalue weighted by atomic mass is 19.4. The molecule has 3 rings (SSSR count). The summed E-state index contributed by atoms with van der Waals surface area (Å²) in [5.41, 5.74) is -0.245. The van der Waals surface area contributed by atoms with E-state index < -0.39 is 11.7 Å². The lowest BCUT2D eigenvalue weighted by Crippen LogP contribution is -2.52. The molecule has 7 heteroatoms. The Kier molecular flexibility index (Phi) is 2.19. The summed E-state index contributed by atoms with van der Waals surface area (Å²) in [7, 11) is 0. The van der Waals surface area contributed by atoms with Crippen LogP contribution in [0.15, 0.2) is 12.3 Å². The van der Waals surface area contributed by atoms with Gasteiger partial charge in [0.15, 0.2) is 5.82 Å². The van der Waals surface area contributed by atoms with Crippen LogP contribution >= 0.6 is 0 Å². The number of piperazine rings is 1. The lowest BCUT2D eigenvalue weighted by molar-refractivity contribution is -0.137. The zero-order valence-corrected chi connectivity index (χ0v) is 8.88. The van der Waals surface area contributed by atoms with E-state index in [0.29, 0.717) is 18.1 Å². The quantitative estimate of drug-likeness (QED) is 0.721. The molecule has 0 radical (unpaired) electrons. The van der Waals surface area contributed by atoms with Crippen molar-refractivity contribution < 1.29 is 13.2 Å². The number of aromatic nitrogens is 1. The molecule has 0 aromatic carbocycles. The zero-order valence-electron chi connectivity index (χ0n) is 8.88. The Hall–Kier alpha value is -1.50. The van der Waals surface area contributed by atoms with E-state index in [9.17, 15) is 13.2 Å². The van der Waals surface area contributed by atoms with Crippen molar-refractivity contribution in [3.05, 3.63) is 17.8 Å². The second-order valence-electron chi connectivity index (χ2n) is 4.15. The fourth-order valence-corrected chi connectivity index (χ4v) is 2.21. The smallest absolute Gasteiger partial charge is 0.361 e. The molecule has 0 unspecified atom stereocenters. The summed E-state index contributed by atoms with van der Waals surface area (Å²) in [6, 6.07) is 1.13. The Bertz CT molecular complexity index is 446. The number of rotatable bonds is 0. The lowest BCUT2D eigenvalue weighted by Gasteiger charge is -2.30. The van der Waals surface area contributed by atoms with E-state index in [1.807, 2.05) is 4.90 Å². The first kappa shape index (κ1) is 10.6. The van der Waals surface area contributed by atoms with Crippen molar-refractivity contribution >= 4 is 11.5 Å². The monoisotopic (exact) mass is 244 g/mol. The molecule has 3 heterocycles. The van der Waals surface area contributed by atoms with Crippen LogP contribution in [0.2, 0.25) is 0 Å². The first-order chi connectivity index (χ1) is 8.05. The van der Waals surface area contributed by atoms with E-state index in [2.05, 4.69) is 15.6 Å². The summed E-state index contributed by atoms with van der Waals surface area (Å²) in [6.07, 6.45) is -3.44. The van der Waals surface area contributed by atoms with Crippen molar-refractivity contribution in [2.45, 2.75) is 12.3 Å². The summed E-state index contributed by atoms with van der Waals surface area (Å²) in [5, 5.41) is 6.23. The summed E-state index contributed by atoms with van der Waals surface area (Å²) < 4.78 is 37.6. The molecule has 92 valence electrons. The highest BCUT2D eigenvalue weighted by Gasteiger charge is 2.36. The lowest BCUT2D eigenvalue weighted by atomic mass is 10.2. The average Bonchev–Trinajstić information content (AvgIpc) is 2.65. The third-order valence-electron chi connectivity index (χ3n) is 3.03. The van der Waals surface area contributed by atoms with E-state index in [1.54, 1.807) is 0 Å². The third kappa shape index (κ3) is 1.70. The van der Waals surface area contributed by atoms with E-state index in [4.69, 9.17) is 0 Å². The Labute approximate surface area is 95.8 Å². The first-order valence-corrected chi connectivity index (χ1v) is 5.37. The molecule has 2 aliphatic heterocycles. The van der Waals surface area contributed by atoms with Crippen molar-refractivity contribution in [1.82, 2.24) is 10.3 Å². The molecule has 1 atom stereocenters. The number of hydrogen-bond acceptors (Lipinski definition) is 4. The number of alkyl halides is 3. The normalized spacial score (nSPS) is 23.0. The van der Waals surface area contributed by atoms with Gasteiger partial charge in [-0.05, 0) is 6.07 Å². The minimum absolute atomic E-state index is 0.00901. The number of pyridine rings is 1. The molecule has 4 nitrogen and oxygen atoms in total. The molecule has 1 aromatic heterocycles. The van der Waals surface area contributed by atoms with Crippen LogP contribution in [0.1, 0.15) is 5.56 Å². The SMILES string of the molecule is FC(F)(F)c1cnc2c(c1)N[C@@H]1CNCCN21. The van der Waals surface area contributed by atoms with Crippen LogP contribution in [0.3, 0.4) is 0 Å². The van der Waals surface area contributed by atoms with Gasteiger partial charge in [0.1, 0.15) is 6.17 Å². The van der Waals surface area contributed by atoms with Crippen LogP contribution in [0.5, 0.6) is 0 Å². The number of nitrogens with zero attached hydrogens (tertiary/aromatic N) is 2. The van der Waals surface area contributed by atoms with Gasteiger partial charge < -0.3 is 15.5 Å². The summed E-state index contributed by atoms with van der Waals surface area (Å²) in [6.45, 7) is 2.28. The van der Waals surface area contributed by atoms with Crippen molar-refractivity contribution in [2.24, 2.45) is 0 Å². The highest BCUT2D eigenvalue weighted by Crippen LogP contribution is 2.37. The minimum Gasteiger partial charge on any atom is -0.361 e. The van der Waals surface area contributed by atoms with Gasteiger partial charge in [0, 0.05) is 25.8 Å². The Morgan fingerprint density at radius 2 is 2.24 bits per heavy atom. The fourth-order valence-electron chi connectivity index (χ4n) is 2.21. The number of anilines is 2. The summed E-state index contributed by atoms with van der Waals surface area (Å²) in [4.78, 5) is 5.92. The van der Waals surface area contributed by atoms with Gasteiger partial charge >= 0.3 is 6.18 Å². The molecular weight excluding hydrogens is 233 g/mol. The van der Waals surface area contributed by atoms with Crippen molar-refractivity contribution in [2.75, 3.05) is 29.9 Å².